The van der Waals surface area contributed by atoms with Crippen molar-refractivity contribution in [2.24, 2.45) is 7.05 Å². The lowest BCUT2D eigenvalue weighted by Gasteiger charge is -2.29. The number of nitrogens with one attached hydrogen (secondary N) is 2. The number of alkyl carbamates (subject to hydrolysis) is 1. The molecule has 1 amide bonds. The predicted molar refractivity (Wildman–Crippen MR) is 127 cm³/mol. The van der Waals surface area contributed by atoms with Crippen LogP contribution in [0.25, 0.3) is 0 Å². The quantitative estimate of drug-likeness (QED) is 0.590. The van der Waals surface area contributed by atoms with E-state index in [0.29, 0.717) is 50.9 Å². The van der Waals surface area contributed by atoms with Crippen LogP contribution in [0.4, 0.5) is 14.9 Å². The first kappa shape index (κ1) is 25.4. The van der Waals surface area contributed by atoms with Crippen molar-refractivity contribution in [3.8, 4) is 0 Å². The highest BCUT2D eigenvalue weighted by molar-refractivity contribution is 7.89. The summed E-state index contributed by atoms with van der Waals surface area (Å²) in [4.78, 5) is 26.3. The average Bonchev–Trinajstić information content (AvgIpc) is 3.27. The molecule has 1 aromatic carbocycles. The van der Waals surface area contributed by atoms with Crippen LogP contribution in [0.15, 0.2) is 40.2 Å². The van der Waals surface area contributed by atoms with Gasteiger partial charge in [0.1, 0.15) is 16.9 Å². The van der Waals surface area contributed by atoms with E-state index in [1.165, 1.54) is 25.4 Å². The fourth-order valence-electron chi connectivity index (χ4n) is 4.37. The van der Waals surface area contributed by atoms with E-state index < -0.39 is 21.9 Å². The number of ether oxygens (including phenoxy) is 1. The standard InChI is InChI=1S/C22H27ClFN5O5S/c1-28-21(30)20(23)19(12-25-28)29-11-10-17(13-29)34-22(31)26-15-4-6-16(7-5-15)27-35(32,33)18-8-2-14(24)3-9-18/h2-3,8-9,12,15-17,27H,4-7,10-11,13H2,1H3,(H,26,31)/t15?,16?,17-/m1/s1. The summed E-state index contributed by atoms with van der Waals surface area (Å²) in [7, 11) is -2.22. The Morgan fingerprint density at radius 2 is 1.80 bits per heavy atom. The summed E-state index contributed by atoms with van der Waals surface area (Å²) in [6, 6.07) is 4.29. The van der Waals surface area contributed by atoms with Gasteiger partial charge in [-0.25, -0.2) is 27.0 Å². The minimum atomic E-state index is -3.74. The molecule has 2 aromatic rings. The highest BCUT2D eigenvalue weighted by Crippen LogP contribution is 2.26. The van der Waals surface area contributed by atoms with Crippen LogP contribution >= 0.6 is 11.6 Å². The molecule has 0 unspecified atom stereocenters. The van der Waals surface area contributed by atoms with Crippen LogP contribution < -0.4 is 20.5 Å². The molecule has 2 N–H and O–H groups in total. The van der Waals surface area contributed by atoms with Crippen molar-refractivity contribution < 1.29 is 22.3 Å². The molecule has 2 heterocycles. The summed E-state index contributed by atoms with van der Waals surface area (Å²) < 4.78 is 47.4. The van der Waals surface area contributed by atoms with E-state index in [9.17, 15) is 22.4 Å². The van der Waals surface area contributed by atoms with Gasteiger partial charge in [0.05, 0.1) is 23.3 Å². The van der Waals surface area contributed by atoms with Gasteiger partial charge in [0.25, 0.3) is 5.56 Å². The second-order valence-corrected chi connectivity index (χ2v) is 10.9. The monoisotopic (exact) mass is 527 g/mol. The molecule has 0 spiro atoms. The zero-order valence-electron chi connectivity index (χ0n) is 19.1. The molecule has 190 valence electrons. The van der Waals surface area contributed by atoms with Gasteiger partial charge in [0, 0.05) is 32.1 Å². The highest BCUT2D eigenvalue weighted by atomic mass is 35.5. The van der Waals surface area contributed by atoms with Crippen molar-refractivity contribution in [1.82, 2.24) is 19.8 Å². The minimum Gasteiger partial charge on any atom is -0.444 e. The molecule has 2 aliphatic rings. The Bertz CT molecular complexity index is 1230. The topological polar surface area (TPSA) is 123 Å². The second kappa shape index (κ2) is 10.5. The first-order valence-electron chi connectivity index (χ1n) is 11.3. The van der Waals surface area contributed by atoms with Gasteiger partial charge < -0.3 is 15.0 Å². The molecular weight excluding hydrogens is 501 g/mol. The van der Waals surface area contributed by atoms with Gasteiger partial charge in [-0.15, -0.1) is 0 Å². The number of aryl methyl sites for hydroxylation is 1. The van der Waals surface area contributed by atoms with Gasteiger partial charge in [-0.05, 0) is 49.9 Å². The number of rotatable bonds is 6. The number of anilines is 1. The van der Waals surface area contributed by atoms with E-state index in [1.807, 2.05) is 4.90 Å². The summed E-state index contributed by atoms with van der Waals surface area (Å²) in [6.45, 7) is 0.978. The second-order valence-electron chi connectivity index (χ2n) is 8.80. The normalized spacial score (nSPS) is 22.7. The lowest BCUT2D eigenvalue weighted by molar-refractivity contribution is 0.102. The molecule has 1 atom stereocenters. The molecule has 4 rings (SSSR count). The maximum Gasteiger partial charge on any atom is 0.407 e. The number of nitrogens with zero attached hydrogens (tertiary/aromatic N) is 3. The molecule has 2 fully saturated rings. The Morgan fingerprint density at radius 1 is 1.14 bits per heavy atom. The number of amides is 1. The van der Waals surface area contributed by atoms with Crippen molar-refractivity contribution in [3.63, 3.8) is 0 Å². The largest absolute Gasteiger partial charge is 0.444 e. The van der Waals surface area contributed by atoms with E-state index in [-0.39, 0.29) is 33.7 Å². The highest BCUT2D eigenvalue weighted by Gasteiger charge is 2.30. The molecule has 1 aliphatic heterocycles. The molecule has 1 saturated heterocycles. The molecule has 10 nitrogen and oxygen atoms in total. The SMILES string of the molecule is Cn1ncc(N2CC[C@@H](OC(=O)NC3CCC(NS(=O)(=O)c4ccc(F)cc4)CC3)C2)c(Cl)c1=O. The van der Waals surface area contributed by atoms with Crippen LogP contribution in [0.3, 0.4) is 0 Å². The van der Waals surface area contributed by atoms with Crippen LogP contribution in [0.5, 0.6) is 0 Å². The maximum absolute atomic E-state index is 13.1. The van der Waals surface area contributed by atoms with Gasteiger partial charge in [-0.2, -0.15) is 5.10 Å². The molecule has 1 aliphatic carbocycles. The summed E-state index contributed by atoms with van der Waals surface area (Å²) in [5, 5.41) is 6.94. The zero-order valence-corrected chi connectivity index (χ0v) is 20.7. The van der Waals surface area contributed by atoms with Gasteiger partial charge >= 0.3 is 6.09 Å². The van der Waals surface area contributed by atoms with Gasteiger partial charge in [0.15, 0.2) is 0 Å². The summed E-state index contributed by atoms with van der Waals surface area (Å²) >= 11 is 6.16. The number of carbonyl (C=O) groups is 1. The molecular formula is C22H27ClFN5O5S. The van der Waals surface area contributed by atoms with Crippen LogP contribution in [0.1, 0.15) is 32.1 Å². The Labute approximate surface area is 207 Å². The summed E-state index contributed by atoms with van der Waals surface area (Å²) in [5.74, 6) is -0.501. The first-order valence-corrected chi connectivity index (χ1v) is 13.2. The molecule has 1 saturated carbocycles. The fourth-order valence-corrected chi connectivity index (χ4v) is 5.97. The summed E-state index contributed by atoms with van der Waals surface area (Å²) in [6.07, 6.45) is 3.53. The van der Waals surface area contributed by atoms with Gasteiger partial charge in [-0.1, -0.05) is 11.6 Å². The first-order chi connectivity index (χ1) is 16.6. The third-order valence-corrected chi connectivity index (χ3v) is 8.21. The van der Waals surface area contributed by atoms with E-state index in [4.69, 9.17) is 16.3 Å². The van der Waals surface area contributed by atoms with Crippen LogP contribution in [-0.4, -0.2) is 55.6 Å². The van der Waals surface area contributed by atoms with Crippen LogP contribution in [-0.2, 0) is 21.8 Å². The van der Waals surface area contributed by atoms with E-state index in [2.05, 4.69) is 15.1 Å². The van der Waals surface area contributed by atoms with E-state index >= 15 is 0 Å². The van der Waals surface area contributed by atoms with Gasteiger partial charge in [-0.3, -0.25) is 4.79 Å². The minimum absolute atomic E-state index is 0.0151. The van der Waals surface area contributed by atoms with Crippen molar-refractivity contribution in [2.45, 2.75) is 55.2 Å². The smallest absolute Gasteiger partial charge is 0.407 e. The fraction of sp³-hybridized carbons (Fsp3) is 0.500. The maximum atomic E-state index is 13.1. The lowest BCUT2D eigenvalue weighted by atomic mass is 9.92. The Kier molecular flexibility index (Phi) is 7.62. The molecule has 35 heavy (non-hydrogen) atoms. The number of hydrogen-bond acceptors (Lipinski definition) is 7. The summed E-state index contributed by atoms with van der Waals surface area (Å²) in [5.41, 5.74) is 0.129. The Balaban J connectivity index is 1.22. The Hall–Kier alpha value is -2.70. The van der Waals surface area contributed by atoms with Crippen LogP contribution in [0, 0.1) is 5.82 Å². The number of hydrogen-bond donors (Lipinski definition) is 2. The third-order valence-electron chi connectivity index (χ3n) is 6.31. The molecule has 0 bridgehead atoms. The van der Waals surface area contributed by atoms with Gasteiger partial charge in [0.2, 0.25) is 10.0 Å². The predicted octanol–water partition coefficient (Wildman–Crippen LogP) is 2.17. The number of sulfonamides is 1. The Morgan fingerprint density at radius 3 is 2.49 bits per heavy atom. The number of carbonyl (C=O) groups excluding carboxylic acids is 1. The molecule has 13 heteroatoms. The lowest BCUT2D eigenvalue weighted by Crippen LogP contribution is -2.44. The van der Waals surface area contributed by atoms with Crippen molar-refractivity contribution in [2.75, 3.05) is 18.0 Å². The third kappa shape index (κ3) is 6.11. The van der Waals surface area contributed by atoms with Crippen molar-refractivity contribution in [1.29, 1.82) is 0 Å². The number of aromatic nitrogens is 2. The van der Waals surface area contributed by atoms with E-state index in [1.54, 1.807) is 0 Å². The van der Waals surface area contributed by atoms with E-state index in [0.717, 1.165) is 16.8 Å². The average molecular weight is 528 g/mol. The zero-order chi connectivity index (χ0) is 25.2. The number of benzene rings is 1. The van der Waals surface area contributed by atoms with Crippen molar-refractivity contribution in [3.05, 3.63) is 51.7 Å². The molecule has 0 radical (unpaired) electrons. The van der Waals surface area contributed by atoms with Crippen molar-refractivity contribution >= 4 is 33.4 Å². The number of halogens is 2. The molecule has 1 aromatic heterocycles. The van der Waals surface area contributed by atoms with Crippen LogP contribution in [0.2, 0.25) is 5.02 Å².